The Kier molecular flexibility index (Phi) is 7.78. The van der Waals surface area contributed by atoms with Crippen molar-refractivity contribution in [3.8, 4) is 22.9 Å². The maximum atomic E-state index is 12.4. The molecule has 0 unspecified atom stereocenters. The number of methoxy groups -OCH3 is 2. The van der Waals surface area contributed by atoms with E-state index in [1.165, 1.54) is 0 Å². The highest BCUT2D eigenvalue weighted by Gasteiger charge is 2.16. The molecule has 7 nitrogen and oxygen atoms in total. The highest BCUT2D eigenvalue weighted by Crippen LogP contribution is 2.25. The van der Waals surface area contributed by atoms with Gasteiger partial charge in [-0.1, -0.05) is 24.9 Å². The Morgan fingerprint density at radius 2 is 1.74 bits per heavy atom. The van der Waals surface area contributed by atoms with Crippen LogP contribution in [0.25, 0.3) is 5.69 Å². The van der Waals surface area contributed by atoms with Crippen molar-refractivity contribution < 1.29 is 19.0 Å². The van der Waals surface area contributed by atoms with Crippen LogP contribution in [0, 0.1) is 0 Å². The SMILES string of the molecule is CCCc1c(OC(=O)NCCc2cc(OC)cc(OC)c2)cnn1-c1ccc(Cl)cc1. The first-order valence-corrected chi connectivity index (χ1v) is 10.4. The van der Waals surface area contributed by atoms with Gasteiger partial charge in [-0.3, -0.25) is 0 Å². The number of nitrogens with zero attached hydrogens (tertiary/aromatic N) is 2. The molecule has 1 N–H and O–H groups in total. The van der Waals surface area contributed by atoms with Gasteiger partial charge in [0.15, 0.2) is 5.75 Å². The second-order valence-electron chi connectivity index (χ2n) is 6.88. The molecule has 1 amide bonds. The number of benzene rings is 2. The molecule has 0 aliphatic carbocycles. The summed E-state index contributed by atoms with van der Waals surface area (Å²) in [6.45, 7) is 2.47. The third-order valence-electron chi connectivity index (χ3n) is 4.69. The number of rotatable bonds is 9. The topological polar surface area (TPSA) is 74.6 Å². The second kappa shape index (κ2) is 10.7. The minimum atomic E-state index is -0.525. The maximum Gasteiger partial charge on any atom is 0.412 e. The molecule has 164 valence electrons. The van der Waals surface area contributed by atoms with Gasteiger partial charge >= 0.3 is 6.09 Å². The van der Waals surface area contributed by atoms with Crippen LogP contribution in [0.1, 0.15) is 24.6 Å². The number of halogens is 1. The summed E-state index contributed by atoms with van der Waals surface area (Å²) in [5.74, 6) is 1.85. The van der Waals surface area contributed by atoms with Crippen molar-refractivity contribution in [3.63, 3.8) is 0 Å². The Morgan fingerprint density at radius 3 is 2.35 bits per heavy atom. The van der Waals surface area contributed by atoms with E-state index in [1.54, 1.807) is 43.3 Å². The lowest BCUT2D eigenvalue weighted by Crippen LogP contribution is -2.29. The van der Waals surface area contributed by atoms with Gasteiger partial charge in [-0.05, 0) is 54.8 Å². The van der Waals surface area contributed by atoms with Crippen molar-refractivity contribution >= 4 is 17.7 Å². The van der Waals surface area contributed by atoms with Gasteiger partial charge in [-0.15, -0.1) is 0 Å². The fraction of sp³-hybridized carbons (Fsp3) is 0.304. The molecule has 0 saturated heterocycles. The van der Waals surface area contributed by atoms with Crippen molar-refractivity contribution in [2.45, 2.75) is 26.2 Å². The quantitative estimate of drug-likeness (QED) is 0.512. The van der Waals surface area contributed by atoms with Crippen molar-refractivity contribution in [1.82, 2.24) is 15.1 Å². The zero-order chi connectivity index (χ0) is 22.2. The average molecular weight is 444 g/mol. The van der Waals surface area contributed by atoms with Gasteiger partial charge < -0.3 is 19.5 Å². The number of nitrogens with one attached hydrogen (secondary N) is 1. The fourth-order valence-electron chi connectivity index (χ4n) is 3.17. The van der Waals surface area contributed by atoms with Crippen LogP contribution in [0.2, 0.25) is 5.02 Å². The average Bonchev–Trinajstić information content (AvgIpc) is 3.16. The van der Waals surface area contributed by atoms with Crippen LogP contribution in [-0.4, -0.2) is 36.6 Å². The Bertz CT molecular complexity index is 996. The Morgan fingerprint density at radius 1 is 1.06 bits per heavy atom. The summed E-state index contributed by atoms with van der Waals surface area (Å²) in [4.78, 5) is 12.4. The zero-order valence-corrected chi connectivity index (χ0v) is 18.6. The highest BCUT2D eigenvalue weighted by molar-refractivity contribution is 6.30. The van der Waals surface area contributed by atoms with Crippen molar-refractivity contribution in [2.24, 2.45) is 0 Å². The molecule has 0 aliphatic rings. The summed E-state index contributed by atoms with van der Waals surface area (Å²) >= 11 is 5.98. The first kappa shape index (κ1) is 22.5. The van der Waals surface area contributed by atoms with E-state index in [9.17, 15) is 4.79 Å². The summed E-state index contributed by atoms with van der Waals surface area (Å²) in [5, 5.41) is 7.83. The van der Waals surface area contributed by atoms with E-state index >= 15 is 0 Å². The molecule has 0 bridgehead atoms. The molecule has 0 aliphatic heterocycles. The molecule has 31 heavy (non-hydrogen) atoms. The van der Waals surface area contributed by atoms with Crippen LogP contribution in [0.5, 0.6) is 17.2 Å². The monoisotopic (exact) mass is 443 g/mol. The van der Waals surface area contributed by atoms with Crippen molar-refractivity contribution in [2.75, 3.05) is 20.8 Å². The molecule has 0 saturated carbocycles. The fourth-order valence-corrected chi connectivity index (χ4v) is 3.30. The molecular weight excluding hydrogens is 418 g/mol. The van der Waals surface area contributed by atoms with E-state index in [2.05, 4.69) is 17.3 Å². The number of carbonyl (C=O) groups is 1. The predicted molar refractivity (Wildman–Crippen MR) is 120 cm³/mol. The van der Waals surface area contributed by atoms with E-state index in [1.807, 2.05) is 24.3 Å². The molecule has 1 heterocycles. The lowest BCUT2D eigenvalue weighted by Gasteiger charge is -2.11. The van der Waals surface area contributed by atoms with Crippen LogP contribution in [-0.2, 0) is 12.8 Å². The zero-order valence-electron chi connectivity index (χ0n) is 17.9. The molecule has 0 spiro atoms. The number of carbonyl (C=O) groups excluding carboxylic acids is 1. The van der Waals surface area contributed by atoms with Crippen LogP contribution in [0.3, 0.4) is 0 Å². The molecule has 1 aromatic heterocycles. The van der Waals surface area contributed by atoms with Crippen LogP contribution in [0.15, 0.2) is 48.7 Å². The predicted octanol–water partition coefficient (Wildman–Crippen LogP) is 4.83. The van der Waals surface area contributed by atoms with Gasteiger partial charge in [0.1, 0.15) is 11.5 Å². The normalized spacial score (nSPS) is 10.6. The van der Waals surface area contributed by atoms with Crippen LogP contribution < -0.4 is 19.5 Å². The first-order valence-electron chi connectivity index (χ1n) is 10.0. The van der Waals surface area contributed by atoms with E-state index in [4.69, 9.17) is 25.8 Å². The Labute approximate surface area is 186 Å². The Balaban J connectivity index is 1.63. The van der Waals surface area contributed by atoms with E-state index in [0.29, 0.717) is 35.2 Å². The second-order valence-corrected chi connectivity index (χ2v) is 7.32. The van der Waals surface area contributed by atoms with Crippen LogP contribution >= 0.6 is 11.6 Å². The molecule has 3 aromatic rings. The summed E-state index contributed by atoms with van der Waals surface area (Å²) < 4.78 is 17.9. The third kappa shape index (κ3) is 5.92. The van der Waals surface area contributed by atoms with Gasteiger partial charge in [0.05, 0.1) is 31.8 Å². The van der Waals surface area contributed by atoms with Gasteiger partial charge in [-0.25, -0.2) is 9.48 Å². The summed E-state index contributed by atoms with van der Waals surface area (Å²) in [6.07, 6.45) is 3.24. The third-order valence-corrected chi connectivity index (χ3v) is 4.94. The highest BCUT2D eigenvalue weighted by atomic mass is 35.5. The van der Waals surface area contributed by atoms with Gasteiger partial charge in [0, 0.05) is 17.6 Å². The van der Waals surface area contributed by atoms with Crippen LogP contribution in [0.4, 0.5) is 4.79 Å². The lowest BCUT2D eigenvalue weighted by atomic mass is 10.1. The molecular formula is C23H26ClN3O4. The molecule has 8 heteroatoms. The molecule has 0 radical (unpaired) electrons. The van der Waals surface area contributed by atoms with E-state index < -0.39 is 6.09 Å². The molecule has 0 atom stereocenters. The molecule has 2 aromatic carbocycles. The number of aromatic nitrogens is 2. The number of amides is 1. The molecule has 0 fully saturated rings. The number of ether oxygens (including phenoxy) is 3. The first-order chi connectivity index (χ1) is 15.0. The minimum Gasteiger partial charge on any atom is -0.497 e. The summed E-state index contributed by atoms with van der Waals surface area (Å²) in [6, 6.07) is 13.0. The van der Waals surface area contributed by atoms with Crippen molar-refractivity contribution in [1.29, 1.82) is 0 Å². The van der Waals surface area contributed by atoms with E-state index in [-0.39, 0.29) is 0 Å². The van der Waals surface area contributed by atoms with E-state index in [0.717, 1.165) is 29.8 Å². The summed E-state index contributed by atoms with van der Waals surface area (Å²) in [5.41, 5.74) is 2.67. The number of hydrogen-bond acceptors (Lipinski definition) is 5. The van der Waals surface area contributed by atoms with Gasteiger partial charge in [0.2, 0.25) is 0 Å². The lowest BCUT2D eigenvalue weighted by molar-refractivity contribution is 0.200. The largest absolute Gasteiger partial charge is 0.497 e. The van der Waals surface area contributed by atoms with Gasteiger partial charge in [0.25, 0.3) is 0 Å². The smallest absolute Gasteiger partial charge is 0.412 e. The van der Waals surface area contributed by atoms with Crippen molar-refractivity contribution in [3.05, 3.63) is 64.9 Å². The standard InChI is InChI=1S/C23H26ClN3O4/c1-4-5-21-22(15-26-27(21)18-8-6-17(24)7-9-18)31-23(28)25-11-10-16-12-19(29-2)14-20(13-16)30-3/h6-9,12-15H,4-5,10-11H2,1-3H3,(H,25,28). The Hall–Kier alpha value is -3.19. The maximum absolute atomic E-state index is 12.4. The minimum absolute atomic E-state index is 0.406. The molecule has 3 rings (SSSR count). The summed E-state index contributed by atoms with van der Waals surface area (Å²) in [7, 11) is 3.21. The number of hydrogen-bond donors (Lipinski definition) is 1. The van der Waals surface area contributed by atoms with Gasteiger partial charge in [-0.2, -0.15) is 5.10 Å².